The number of alkyl carbamates (subject to hydrolysis) is 1. The molecule has 0 unspecified atom stereocenters. The van der Waals surface area contributed by atoms with Crippen LogP contribution >= 0.6 is 0 Å². The highest BCUT2D eigenvalue weighted by Gasteiger charge is 2.31. The van der Waals surface area contributed by atoms with E-state index in [9.17, 15) is 22.8 Å². The first-order valence-corrected chi connectivity index (χ1v) is 7.27. The van der Waals surface area contributed by atoms with Crippen molar-refractivity contribution < 1.29 is 22.7 Å². The molecule has 2 N–H and O–H groups in total. The molecular weight excluding hydrogens is 337 g/mol. The Bertz CT molecular complexity index is 799. The first-order valence-electron chi connectivity index (χ1n) is 7.27. The van der Waals surface area contributed by atoms with E-state index in [2.05, 4.69) is 5.32 Å². The molecule has 8 heteroatoms. The van der Waals surface area contributed by atoms with E-state index in [0.29, 0.717) is 6.20 Å². The van der Waals surface area contributed by atoms with Crippen molar-refractivity contribution in [1.82, 2.24) is 10.3 Å². The molecule has 1 aromatic carbocycles. The lowest BCUT2D eigenvalue weighted by Crippen LogP contribution is -2.24. The number of ether oxygens (including phenoxy) is 1. The first kappa shape index (κ1) is 18.3. The molecular formula is C17H15F3N2O3. The molecule has 0 saturated heterocycles. The second kappa shape index (κ2) is 8.18. The summed E-state index contributed by atoms with van der Waals surface area (Å²) < 4.78 is 42.8. The molecule has 1 amide bonds. The Morgan fingerprint density at radius 1 is 1.24 bits per heavy atom. The van der Waals surface area contributed by atoms with Crippen molar-refractivity contribution in [2.45, 2.75) is 12.8 Å². The topological polar surface area (TPSA) is 71.2 Å². The Morgan fingerprint density at radius 3 is 2.64 bits per heavy atom. The molecule has 5 nitrogen and oxygen atoms in total. The number of amides is 1. The smallest absolute Gasteiger partial charge is 0.417 e. The van der Waals surface area contributed by atoms with Crippen molar-refractivity contribution in [3.63, 3.8) is 0 Å². The Hall–Kier alpha value is -3.03. The van der Waals surface area contributed by atoms with Crippen LogP contribution in [-0.4, -0.2) is 17.6 Å². The summed E-state index contributed by atoms with van der Waals surface area (Å²) in [5.74, 6) is 0. The Balaban J connectivity index is 1.85. The van der Waals surface area contributed by atoms with E-state index < -0.39 is 23.4 Å². The standard InChI is InChI=1S/C17H15F3N2O3/c18-17(19,20)14-9-13(15(23)22-10-14)7-4-8-21-16(24)25-11-12-5-2-1-3-6-12/h1-7,9-10H,8,11H2,(H,21,24)(H,22,23). The molecule has 0 saturated carbocycles. The molecule has 0 fully saturated rings. The van der Waals surface area contributed by atoms with Gasteiger partial charge >= 0.3 is 12.3 Å². The molecule has 2 aromatic rings. The third kappa shape index (κ3) is 5.83. The van der Waals surface area contributed by atoms with Crippen molar-refractivity contribution in [2.24, 2.45) is 0 Å². The third-order valence-corrected chi connectivity index (χ3v) is 3.13. The zero-order chi connectivity index (χ0) is 18.3. The van der Waals surface area contributed by atoms with Gasteiger partial charge in [-0.25, -0.2) is 4.79 Å². The SMILES string of the molecule is O=C(NCC=Cc1cc(C(F)(F)F)c[nH]c1=O)OCc1ccccc1. The fourth-order valence-corrected chi connectivity index (χ4v) is 1.89. The predicted octanol–water partition coefficient (Wildman–Crippen LogP) is 3.33. The summed E-state index contributed by atoms with van der Waals surface area (Å²) in [6.07, 6.45) is -2.06. The van der Waals surface area contributed by atoms with Gasteiger partial charge in [0.15, 0.2) is 0 Å². The van der Waals surface area contributed by atoms with Gasteiger partial charge in [0, 0.05) is 18.3 Å². The monoisotopic (exact) mass is 352 g/mol. The second-order valence-electron chi connectivity index (χ2n) is 5.02. The molecule has 0 radical (unpaired) electrons. The average molecular weight is 352 g/mol. The molecule has 132 valence electrons. The molecule has 0 aliphatic carbocycles. The molecule has 25 heavy (non-hydrogen) atoms. The summed E-state index contributed by atoms with van der Waals surface area (Å²) >= 11 is 0. The van der Waals surface area contributed by atoms with Gasteiger partial charge < -0.3 is 15.0 Å². The largest absolute Gasteiger partial charge is 0.445 e. The average Bonchev–Trinajstić information content (AvgIpc) is 2.58. The third-order valence-electron chi connectivity index (χ3n) is 3.13. The lowest BCUT2D eigenvalue weighted by molar-refractivity contribution is -0.137. The Morgan fingerprint density at radius 2 is 1.96 bits per heavy atom. The number of alkyl halides is 3. The highest BCUT2D eigenvalue weighted by atomic mass is 19.4. The number of benzene rings is 1. The van der Waals surface area contributed by atoms with Crippen molar-refractivity contribution in [3.05, 3.63) is 75.7 Å². The van der Waals surface area contributed by atoms with E-state index in [4.69, 9.17) is 4.74 Å². The zero-order valence-electron chi connectivity index (χ0n) is 13.0. The molecule has 2 rings (SSSR count). The zero-order valence-corrected chi connectivity index (χ0v) is 13.0. The number of halogens is 3. The number of hydrogen-bond acceptors (Lipinski definition) is 3. The minimum Gasteiger partial charge on any atom is -0.445 e. The number of nitrogens with one attached hydrogen (secondary N) is 2. The fraction of sp³-hybridized carbons (Fsp3) is 0.176. The number of carbonyl (C=O) groups excluding carboxylic acids is 1. The Labute approximate surface area is 141 Å². The van der Waals surface area contributed by atoms with Crippen LogP contribution in [0, 0.1) is 0 Å². The second-order valence-corrected chi connectivity index (χ2v) is 5.02. The van der Waals surface area contributed by atoms with Gasteiger partial charge in [0.25, 0.3) is 5.56 Å². The normalized spacial score (nSPS) is 11.5. The quantitative estimate of drug-likeness (QED) is 0.867. The highest BCUT2D eigenvalue weighted by Crippen LogP contribution is 2.28. The van der Waals surface area contributed by atoms with Gasteiger partial charge in [0.2, 0.25) is 0 Å². The van der Waals surface area contributed by atoms with Gasteiger partial charge in [-0.05, 0) is 11.6 Å². The number of hydrogen-bond donors (Lipinski definition) is 2. The fourth-order valence-electron chi connectivity index (χ4n) is 1.89. The molecule has 0 aliphatic rings. The van der Waals surface area contributed by atoms with Crippen LogP contribution in [0.25, 0.3) is 6.08 Å². The predicted molar refractivity (Wildman–Crippen MR) is 85.7 cm³/mol. The molecule has 0 bridgehead atoms. The first-order chi connectivity index (χ1) is 11.9. The number of aromatic amines is 1. The van der Waals surface area contributed by atoms with Crippen molar-refractivity contribution in [1.29, 1.82) is 0 Å². The van der Waals surface area contributed by atoms with Gasteiger partial charge in [-0.1, -0.05) is 42.5 Å². The number of aromatic nitrogens is 1. The Kier molecular flexibility index (Phi) is 5.99. The van der Waals surface area contributed by atoms with Crippen LogP contribution in [0.1, 0.15) is 16.7 Å². The highest BCUT2D eigenvalue weighted by molar-refractivity contribution is 5.67. The van der Waals surface area contributed by atoms with Crippen LogP contribution in [-0.2, 0) is 17.5 Å². The summed E-state index contributed by atoms with van der Waals surface area (Å²) in [5.41, 5.74) is -0.948. The summed E-state index contributed by atoms with van der Waals surface area (Å²) in [5, 5.41) is 2.41. The molecule has 0 atom stereocenters. The minimum atomic E-state index is -4.55. The van der Waals surface area contributed by atoms with Gasteiger partial charge in [-0.3, -0.25) is 4.79 Å². The maximum atomic E-state index is 12.6. The van der Waals surface area contributed by atoms with Gasteiger partial charge in [0.05, 0.1) is 5.56 Å². The van der Waals surface area contributed by atoms with Crippen molar-refractivity contribution in [3.8, 4) is 0 Å². The van der Waals surface area contributed by atoms with E-state index >= 15 is 0 Å². The number of H-pyrrole nitrogens is 1. The molecule has 1 heterocycles. The molecule has 0 spiro atoms. The van der Waals surface area contributed by atoms with E-state index in [1.54, 1.807) is 12.1 Å². The van der Waals surface area contributed by atoms with Crippen LogP contribution in [0.4, 0.5) is 18.0 Å². The van der Waals surface area contributed by atoms with Gasteiger partial charge in [-0.15, -0.1) is 0 Å². The summed E-state index contributed by atoms with van der Waals surface area (Å²) in [7, 11) is 0. The van der Waals surface area contributed by atoms with E-state index in [1.165, 1.54) is 12.2 Å². The lowest BCUT2D eigenvalue weighted by atomic mass is 10.2. The van der Waals surface area contributed by atoms with Crippen LogP contribution in [0.15, 0.2) is 53.5 Å². The maximum absolute atomic E-state index is 12.6. The van der Waals surface area contributed by atoms with E-state index in [1.807, 2.05) is 23.2 Å². The summed E-state index contributed by atoms with van der Waals surface area (Å²) in [6, 6.07) is 9.80. The maximum Gasteiger partial charge on any atom is 0.417 e. The van der Waals surface area contributed by atoms with Crippen molar-refractivity contribution in [2.75, 3.05) is 6.54 Å². The number of carbonyl (C=O) groups is 1. The van der Waals surface area contributed by atoms with E-state index in [-0.39, 0.29) is 18.7 Å². The molecule has 0 aliphatic heterocycles. The van der Waals surface area contributed by atoms with Crippen LogP contribution in [0.2, 0.25) is 0 Å². The van der Waals surface area contributed by atoms with Gasteiger partial charge in [0.1, 0.15) is 6.61 Å². The van der Waals surface area contributed by atoms with Crippen LogP contribution in [0.5, 0.6) is 0 Å². The number of pyridine rings is 1. The number of rotatable bonds is 5. The van der Waals surface area contributed by atoms with Crippen LogP contribution < -0.4 is 10.9 Å². The minimum absolute atomic E-state index is 0.00328. The summed E-state index contributed by atoms with van der Waals surface area (Å²) in [4.78, 5) is 25.0. The van der Waals surface area contributed by atoms with Crippen molar-refractivity contribution >= 4 is 12.2 Å². The van der Waals surface area contributed by atoms with Gasteiger partial charge in [-0.2, -0.15) is 13.2 Å². The van der Waals surface area contributed by atoms with E-state index in [0.717, 1.165) is 11.6 Å². The van der Waals surface area contributed by atoms with Crippen LogP contribution in [0.3, 0.4) is 0 Å². The molecule has 1 aromatic heterocycles. The lowest BCUT2D eigenvalue weighted by Gasteiger charge is -2.06. The summed E-state index contributed by atoms with van der Waals surface area (Å²) in [6.45, 7) is 0.104.